The van der Waals surface area contributed by atoms with Crippen LogP contribution in [0.3, 0.4) is 0 Å². The van der Waals surface area contributed by atoms with E-state index in [0.717, 1.165) is 0 Å². The topological polar surface area (TPSA) is 88.5 Å². The summed E-state index contributed by atoms with van der Waals surface area (Å²) in [7, 11) is 0. The first kappa shape index (κ1) is 14.9. The minimum absolute atomic E-state index is 0.0951. The van der Waals surface area contributed by atoms with E-state index in [-0.39, 0.29) is 12.3 Å². The quantitative estimate of drug-likeness (QED) is 0.703. The molecule has 0 spiro atoms. The molecule has 2 N–H and O–H groups in total. The first-order valence-electron chi connectivity index (χ1n) is 6.22. The predicted octanol–water partition coefficient (Wildman–Crippen LogP) is 2.06. The Morgan fingerprint density at radius 1 is 1.32 bits per heavy atom. The highest BCUT2D eigenvalue weighted by Gasteiger charge is 2.04. The number of carboxylic acid groups (broad SMARTS) is 1. The number of carboxylic acids is 1. The minimum atomic E-state index is -0.837. The van der Waals surface area contributed by atoms with Crippen LogP contribution in [0.5, 0.6) is 5.88 Å². The number of aliphatic carboxylic acids is 1. The van der Waals surface area contributed by atoms with Gasteiger partial charge in [-0.1, -0.05) is 0 Å². The Bertz CT molecular complexity index is 417. The fourth-order valence-corrected chi connectivity index (χ4v) is 1.47. The lowest BCUT2D eigenvalue weighted by molar-refractivity contribution is -0.137. The van der Waals surface area contributed by atoms with Crippen LogP contribution < -0.4 is 10.1 Å². The van der Waals surface area contributed by atoms with Crippen LogP contribution in [0.4, 0.5) is 5.69 Å². The summed E-state index contributed by atoms with van der Waals surface area (Å²) in [5.41, 5.74) is 0.603. The molecule has 0 bridgehead atoms. The first-order valence-corrected chi connectivity index (χ1v) is 6.22. The average molecular weight is 266 g/mol. The maximum Gasteiger partial charge on any atom is 0.303 e. The molecular weight excluding hydrogens is 248 g/mol. The summed E-state index contributed by atoms with van der Waals surface area (Å²) in [4.78, 5) is 25.9. The highest BCUT2D eigenvalue weighted by Crippen LogP contribution is 2.12. The lowest BCUT2D eigenvalue weighted by Gasteiger charge is -2.06. The highest BCUT2D eigenvalue weighted by molar-refractivity contribution is 5.90. The number of amides is 1. The Kier molecular flexibility index (Phi) is 6.35. The molecule has 0 aliphatic carbocycles. The van der Waals surface area contributed by atoms with Gasteiger partial charge in [0.05, 0.1) is 18.5 Å². The second-order valence-electron chi connectivity index (χ2n) is 3.97. The molecule has 1 heterocycles. The molecule has 6 heteroatoms. The van der Waals surface area contributed by atoms with Gasteiger partial charge in [0.25, 0.3) is 0 Å². The molecule has 0 fully saturated rings. The maximum atomic E-state index is 11.6. The van der Waals surface area contributed by atoms with Gasteiger partial charge in [-0.05, 0) is 25.8 Å². The van der Waals surface area contributed by atoms with Crippen molar-refractivity contribution in [3.05, 3.63) is 18.3 Å². The standard InChI is InChI=1S/C13H18N2O4/c1-2-19-12-8-7-10(9-14-12)15-11(16)5-3-4-6-13(17)18/h7-9H,2-6H2,1H3,(H,15,16)(H,17,18). The van der Waals surface area contributed by atoms with Gasteiger partial charge in [0.1, 0.15) is 0 Å². The second-order valence-corrected chi connectivity index (χ2v) is 3.97. The van der Waals surface area contributed by atoms with Crippen LogP contribution >= 0.6 is 0 Å². The van der Waals surface area contributed by atoms with E-state index in [1.54, 1.807) is 12.1 Å². The molecular formula is C13H18N2O4. The van der Waals surface area contributed by atoms with Gasteiger partial charge in [-0.3, -0.25) is 9.59 Å². The molecule has 0 radical (unpaired) electrons. The summed E-state index contributed by atoms with van der Waals surface area (Å²) in [6.07, 6.45) is 2.99. The Hall–Kier alpha value is -2.11. The van der Waals surface area contributed by atoms with Crippen molar-refractivity contribution in [2.24, 2.45) is 0 Å². The maximum absolute atomic E-state index is 11.6. The van der Waals surface area contributed by atoms with E-state index in [9.17, 15) is 9.59 Å². The van der Waals surface area contributed by atoms with E-state index in [2.05, 4.69) is 10.3 Å². The minimum Gasteiger partial charge on any atom is -0.481 e. The van der Waals surface area contributed by atoms with E-state index < -0.39 is 5.97 Å². The number of rotatable bonds is 8. The van der Waals surface area contributed by atoms with E-state index in [4.69, 9.17) is 9.84 Å². The Morgan fingerprint density at radius 3 is 2.63 bits per heavy atom. The molecule has 0 saturated heterocycles. The number of carbonyl (C=O) groups is 2. The zero-order valence-corrected chi connectivity index (χ0v) is 10.9. The SMILES string of the molecule is CCOc1ccc(NC(=O)CCCCC(=O)O)cn1. The van der Waals surface area contributed by atoms with Crippen LogP contribution in [-0.4, -0.2) is 28.6 Å². The summed E-state index contributed by atoms with van der Waals surface area (Å²) in [6.45, 7) is 2.41. The van der Waals surface area contributed by atoms with Crippen molar-refractivity contribution in [3.8, 4) is 5.88 Å². The molecule has 1 amide bonds. The molecule has 104 valence electrons. The normalized spacial score (nSPS) is 9.95. The largest absolute Gasteiger partial charge is 0.481 e. The summed E-state index contributed by atoms with van der Waals surface area (Å²) in [5, 5.41) is 11.2. The molecule has 1 aromatic rings. The van der Waals surface area contributed by atoms with Crippen molar-refractivity contribution in [1.82, 2.24) is 4.98 Å². The van der Waals surface area contributed by atoms with E-state index >= 15 is 0 Å². The number of anilines is 1. The first-order chi connectivity index (χ1) is 9.11. The molecule has 1 aromatic heterocycles. The zero-order chi connectivity index (χ0) is 14.1. The van der Waals surface area contributed by atoms with E-state index in [1.165, 1.54) is 6.20 Å². The number of hydrogen-bond acceptors (Lipinski definition) is 4. The number of unbranched alkanes of at least 4 members (excludes halogenated alkanes) is 1. The lowest BCUT2D eigenvalue weighted by Crippen LogP contribution is -2.11. The smallest absolute Gasteiger partial charge is 0.303 e. The summed E-state index contributed by atoms with van der Waals surface area (Å²) >= 11 is 0. The summed E-state index contributed by atoms with van der Waals surface area (Å²) in [5.74, 6) is -0.463. The van der Waals surface area contributed by atoms with Crippen LogP contribution in [0.1, 0.15) is 32.6 Å². The van der Waals surface area contributed by atoms with Gasteiger partial charge in [-0.25, -0.2) is 4.98 Å². The van der Waals surface area contributed by atoms with Crippen LogP contribution in [0.15, 0.2) is 18.3 Å². The fraction of sp³-hybridized carbons (Fsp3) is 0.462. The fourth-order valence-electron chi connectivity index (χ4n) is 1.47. The molecule has 6 nitrogen and oxygen atoms in total. The number of nitrogens with one attached hydrogen (secondary N) is 1. The number of hydrogen-bond donors (Lipinski definition) is 2. The molecule has 1 rings (SSSR count). The molecule has 0 saturated carbocycles. The Morgan fingerprint density at radius 2 is 2.05 bits per heavy atom. The molecule has 0 aliphatic heterocycles. The van der Waals surface area contributed by atoms with Gasteiger partial charge < -0.3 is 15.2 Å². The third-order valence-electron chi connectivity index (χ3n) is 2.36. The number of ether oxygens (including phenoxy) is 1. The van der Waals surface area contributed by atoms with Crippen LogP contribution in [-0.2, 0) is 9.59 Å². The van der Waals surface area contributed by atoms with Gasteiger partial charge >= 0.3 is 5.97 Å². The molecule has 19 heavy (non-hydrogen) atoms. The number of carbonyl (C=O) groups excluding carboxylic acids is 1. The van der Waals surface area contributed by atoms with Crippen molar-refractivity contribution >= 4 is 17.6 Å². The third kappa shape index (κ3) is 6.40. The Balaban J connectivity index is 2.29. The van der Waals surface area contributed by atoms with Crippen LogP contribution in [0.2, 0.25) is 0 Å². The number of nitrogens with zero attached hydrogens (tertiary/aromatic N) is 1. The van der Waals surface area contributed by atoms with Gasteiger partial charge in [-0.2, -0.15) is 0 Å². The number of pyridine rings is 1. The van der Waals surface area contributed by atoms with Gasteiger partial charge in [-0.15, -0.1) is 0 Å². The number of aromatic nitrogens is 1. The van der Waals surface area contributed by atoms with Crippen molar-refractivity contribution in [3.63, 3.8) is 0 Å². The predicted molar refractivity (Wildman–Crippen MR) is 70.1 cm³/mol. The lowest BCUT2D eigenvalue weighted by atomic mass is 10.2. The third-order valence-corrected chi connectivity index (χ3v) is 2.36. The van der Waals surface area contributed by atoms with Gasteiger partial charge in [0.15, 0.2) is 0 Å². The Labute approximate surface area is 111 Å². The summed E-state index contributed by atoms with van der Waals surface area (Å²) in [6, 6.07) is 3.40. The highest BCUT2D eigenvalue weighted by atomic mass is 16.5. The van der Waals surface area contributed by atoms with Gasteiger partial charge in [0, 0.05) is 18.9 Å². The van der Waals surface area contributed by atoms with Crippen molar-refractivity contribution in [2.45, 2.75) is 32.6 Å². The second kappa shape index (κ2) is 8.07. The molecule has 0 atom stereocenters. The van der Waals surface area contributed by atoms with Crippen LogP contribution in [0, 0.1) is 0 Å². The average Bonchev–Trinajstić information content (AvgIpc) is 2.37. The van der Waals surface area contributed by atoms with Crippen molar-refractivity contribution in [2.75, 3.05) is 11.9 Å². The van der Waals surface area contributed by atoms with Crippen LogP contribution in [0.25, 0.3) is 0 Å². The molecule has 0 unspecified atom stereocenters. The summed E-state index contributed by atoms with van der Waals surface area (Å²) < 4.78 is 5.19. The monoisotopic (exact) mass is 266 g/mol. The van der Waals surface area contributed by atoms with Crippen molar-refractivity contribution < 1.29 is 19.4 Å². The van der Waals surface area contributed by atoms with E-state index in [0.29, 0.717) is 37.4 Å². The molecule has 0 aromatic carbocycles. The molecule has 0 aliphatic rings. The zero-order valence-electron chi connectivity index (χ0n) is 10.9. The van der Waals surface area contributed by atoms with Gasteiger partial charge in [0.2, 0.25) is 11.8 Å². The van der Waals surface area contributed by atoms with E-state index in [1.807, 2.05) is 6.92 Å². The van der Waals surface area contributed by atoms with Crippen molar-refractivity contribution in [1.29, 1.82) is 0 Å².